The predicted octanol–water partition coefficient (Wildman–Crippen LogP) is 20.8. The Bertz CT molecular complexity index is 2120. The van der Waals surface area contributed by atoms with Crippen LogP contribution in [-0.4, -0.2) is 61.0 Å². The first-order valence-electron chi connectivity index (χ1n) is 32.4. The Labute approximate surface area is 490 Å². The first-order chi connectivity index (χ1) is 39.9. The molecule has 4 aromatic rings. The van der Waals surface area contributed by atoms with Crippen molar-refractivity contribution < 1.29 is 38.7 Å². The number of esters is 2. The first kappa shape index (κ1) is 67.9. The molecule has 10 heteroatoms. The summed E-state index contributed by atoms with van der Waals surface area (Å²) in [6.45, 7) is 5.98. The number of ether oxygens (including phenoxy) is 4. The zero-order valence-corrected chi connectivity index (χ0v) is 50.5. The number of hydrogen-bond donors (Lipinski definition) is 2. The third-order valence-corrected chi connectivity index (χ3v) is 15.2. The molecule has 0 amide bonds. The molecule has 0 aromatic heterocycles. The van der Waals surface area contributed by atoms with E-state index in [1.165, 1.54) is 205 Å². The highest BCUT2D eigenvalue weighted by molar-refractivity contribution is 5.91. The van der Waals surface area contributed by atoms with Crippen LogP contribution in [0, 0.1) is 0 Å². The summed E-state index contributed by atoms with van der Waals surface area (Å²) in [6, 6.07) is 23.9. The average Bonchev–Trinajstić information content (AvgIpc) is 3.48. The van der Waals surface area contributed by atoms with Gasteiger partial charge in [0.05, 0.1) is 48.9 Å². The summed E-state index contributed by atoms with van der Waals surface area (Å²) < 4.78 is 22.6. The molecule has 0 spiro atoms. The molecule has 448 valence electrons. The number of benzene rings is 4. The minimum Gasteiger partial charge on any atom is -0.507 e. The number of rotatable bonds is 50. The predicted molar refractivity (Wildman–Crippen MR) is 337 cm³/mol. The van der Waals surface area contributed by atoms with E-state index in [1.54, 1.807) is 85.2 Å². The molecule has 4 aromatic carbocycles. The topological polar surface area (TPSA) is 136 Å². The number of phenolic OH excluding ortho intramolecular Hbond substituents is 2. The lowest BCUT2D eigenvalue weighted by Gasteiger charge is -2.08. The normalized spacial score (nSPS) is 11.5. The second-order valence-electron chi connectivity index (χ2n) is 22.4. The number of hydrogen-bond acceptors (Lipinski definition) is 10. The number of carbonyl (C=O) groups excluding carboxylic acids is 2. The summed E-state index contributed by atoms with van der Waals surface area (Å²) >= 11 is 0. The number of aliphatic imine (C=N–C) groups is 2. The van der Waals surface area contributed by atoms with Crippen LogP contribution in [0.4, 0.5) is 11.4 Å². The maximum Gasteiger partial charge on any atom is 0.338 e. The van der Waals surface area contributed by atoms with Gasteiger partial charge in [-0.05, 0) is 85.6 Å². The standard InChI is InChI=1S/C71H106N2O8/c1-3-5-7-9-11-13-15-17-19-21-23-25-27-29-31-33-35-37-52-78-66-50-44-62(68(74)56-66)58-72-64-46-40-60(41-47-64)70(76)80-54-39-55-81-71(77)61-42-48-65(49-43-61)73-59-63-45-51-67(57-69(63)75)79-53-38-36-34-32-30-28-26-24-22-20-18-16-14-12-10-8-6-4-2/h40-51,56-59,74-75H,3-39,52-55H2,1-2H3. The molecule has 0 unspecified atom stereocenters. The van der Waals surface area contributed by atoms with E-state index in [-0.39, 0.29) is 24.7 Å². The number of phenols is 2. The summed E-state index contributed by atoms with van der Waals surface area (Å²) in [7, 11) is 0. The quantitative estimate of drug-likeness (QED) is 0.0253. The Hall–Kier alpha value is -5.64. The van der Waals surface area contributed by atoms with Crippen LogP contribution in [0.2, 0.25) is 0 Å². The van der Waals surface area contributed by atoms with Gasteiger partial charge < -0.3 is 29.2 Å². The number of aromatic hydroxyl groups is 2. The van der Waals surface area contributed by atoms with Gasteiger partial charge in [0.25, 0.3) is 0 Å². The molecule has 0 aliphatic rings. The van der Waals surface area contributed by atoms with Crippen molar-refractivity contribution in [3.63, 3.8) is 0 Å². The molecular weight excluding hydrogens is 1010 g/mol. The Balaban J connectivity index is 0.975. The van der Waals surface area contributed by atoms with Crippen molar-refractivity contribution in [1.82, 2.24) is 0 Å². The van der Waals surface area contributed by atoms with Crippen LogP contribution in [0.25, 0.3) is 0 Å². The molecule has 0 heterocycles. The largest absolute Gasteiger partial charge is 0.507 e. The fourth-order valence-electron chi connectivity index (χ4n) is 10.0. The van der Waals surface area contributed by atoms with Crippen LogP contribution in [0.1, 0.15) is 283 Å². The minimum atomic E-state index is -0.491. The van der Waals surface area contributed by atoms with Crippen molar-refractivity contribution >= 4 is 35.7 Å². The average molecular weight is 1120 g/mol. The third-order valence-electron chi connectivity index (χ3n) is 15.2. The summed E-state index contributed by atoms with van der Waals surface area (Å²) in [5.41, 5.74) is 3.09. The smallest absolute Gasteiger partial charge is 0.338 e. The SMILES string of the molecule is CCCCCCCCCCCCCCCCCCCCOc1ccc(C=Nc2ccc(C(=O)OCCCOC(=O)c3ccc(N=Cc4ccc(OCCCCCCCCCCCCCCCCCCCC)cc4O)cc3)cc2)c(O)c1. The van der Waals surface area contributed by atoms with Crippen LogP contribution < -0.4 is 9.47 Å². The van der Waals surface area contributed by atoms with E-state index in [1.807, 2.05) is 12.1 Å². The molecule has 2 N–H and O–H groups in total. The lowest BCUT2D eigenvalue weighted by atomic mass is 10.0. The van der Waals surface area contributed by atoms with Gasteiger partial charge in [0.2, 0.25) is 0 Å². The molecule has 10 nitrogen and oxygen atoms in total. The second-order valence-corrected chi connectivity index (χ2v) is 22.4. The Kier molecular flexibility index (Phi) is 38.5. The van der Waals surface area contributed by atoms with E-state index in [4.69, 9.17) is 18.9 Å². The third kappa shape index (κ3) is 33.2. The highest BCUT2D eigenvalue weighted by Gasteiger charge is 2.11. The van der Waals surface area contributed by atoms with E-state index < -0.39 is 11.9 Å². The minimum absolute atomic E-state index is 0.0811. The number of nitrogens with zero attached hydrogens (tertiary/aromatic N) is 2. The van der Waals surface area contributed by atoms with Gasteiger partial charge in [-0.3, -0.25) is 9.98 Å². The maximum absolute atomic E-state index is 12.7. The molecule has 0 fully saturated rings. The van der Waals surface area contributed by atoms with Gasteiger partial charge >= 0.3 is 11.9 Å². The molecule has 0 aliphatic heterocycles. The molecular formula is C71H106N2O8. The van der Waals surface area contributed by atoms with Gasteiger partial charge in [-0.25, -0.2) is 9.59 Å². The fraction of sp³-hybridized carbons (Fsp3) is 0.606. The van der Waals surface area contributed by atoms with Gasteiger partial charge in [-0.15, -0.1) is 0 Å². The van der Waals surface area contributed by atoms with Gasteiger partial charge in [0.15, 0.2) is 0 Å². The van der Waals surface area contributed by atoms with Crippen molar-refractivity contribution in [2.24, 2.45) is 9.98 Å². The van der Waals surface area contributed by atoms with E-state index in [9.17, 15) is 19.8 Å². The summed E-state index contributed by atoms with van der Waals surface area (Å²) in [4.78, 5) is 34.3. The summed E-state index contributed by atoms with van der Waals surface area (Å²) in [6.07, 6.45) is 51.9. The summed E-state index contributed by atoms with van der Waals surface area (Å²) in [5.74, 6) is 0.467. The van der Waals surface area contributed by atoms with E-state index in [0.29, 0.717) is 64.8 Å². The second kappa shape index (κ2) is 45.9. The highest BCUT2D eigenvalue weighted by Crippen LogP contribution is 2.26. The van der Waals surface area contributed by atoms with Crippen LogP contribution in [-0.2, 0) is 9.47 Å². The molecule has 0 atom stereocenters. The molecule has 81 heavy (non-hydrogen) atoms. The molecule has 4 rings (SSSR count). The first-order valence-corrected chi connectivity index (χ1v) is 32.4. The van der Waals surface area contributed by atoms with Crippen molar-refractivity contribution in [2.75, 3.05) is 26.4 Å². The Morgan fingerprint density at radius 2 is 0.617 bits per heavy atom. The van der Waals surface area contributed by atoms with Gasteiger partial charge in [0.1, 0.15) is 23.0 Å². The molecule has 0 saturated carbocycles. The van der Waals surface area contributed by atoms with Crippen molar-refractivity contribution in [3.05, 3.63) is 107 Å². The van der Waals surface area contributed by atoms with Gasteiger partial charge in [-0.1, -0.05) is 232 Å². The van der Waals surface area contributed by atoms with Gasteiger partial charge in [-0.2, -0.15) is 0 Å². The maximum atomic E-state index is 12.7. The summed E-state index contributed by atoms with van der Waals surface area (Å²) in [5, 5.41) is 21.2. The zero-order valence-electron chi connectivity index (χ0n) is 50.5. The number of unbranched alkanes of at least 4 members (excludes halogenated alkanes) is 34. The van der Waals surface area contributed by atoms with Crippen LogP contribution in [0.5, 0.6) is 23.0 Å². The monoisotopic (exact) mass is 1110 g/mol. The van der Waals surface area contributed by atoms with Crippen molar-refractivity contribution in [2.45, 2.75) is 251 Å². The van der Waals surface area contributed by atoms with Crippen LogP contribution in [0.3, 0.4) is 0 Å². The van der Waals surface area contributed by atoms with Crippen LogP contribution in [0.15, 0.2) is 94.9 Å². The fourth-order valence-corrected chi connectivity index (χ4v) is 10.0. The molecule has 0 aliphatic carbocycles. The van der Waals surface area contributed by atoms with E-state index in [0.717, 1.165) is 25.7 Å². The van der Waals surface area contributed by atoms with E-state index in [2.05, 4.69) is 23.8 Å². The Morgan fingerprint density at radius 3 is 0.889 bits per heavy atom. The van der Waals surface area contributed by atoms with Gasteiger partial charge in [0, 0.05) is 42.1 Å². The zero-order chi connectivity index (χ0) is 57.5. The lowest BCUT2D eigenvalue weighted by molar-refractivity contribution is 0.0395. The molecule has 0 radical (unpaired) electrons. The van der Waals surface area contributed by atoms with Crippen LogP contribution >= 0.6 is 0 Å². The Morgan fingerprint density at radius 1 is 0.346 bits per heavy atom. The number of carbonyl (C=O) groups is 2. The highest BCUT2D eigenvalue weighted by atomic mass is 16.5. The van der Waals surface area contributed by atoms with E-state index >= 15 is 0 Å². The van der Waals surface area contributed by atoms with Crippen molar-refractivity contribution in [3.8, 4) is 23.0 Å². The van der Waals surface area contributed by atoms with Crippen molar-refractivity contribution in [1.29, 1.82) is 0 Å². The molecule has 0 saturated heterocycles. The molecule has 0 bridgehead atoms. The lowest BCUT2D eigenvalue weighted by Crippen LogP contribution is -2.11.